The Balaban J connectivity index is 3.05. The molecule has 0 aliphatic rings. The van der Waals surface area contributed by atoms with Crippen molar-refractivity contribution in [3.63, 3.8) is 0 Å². The number of anilines is 1. The van der Waals surface area contributed by atoms with Crippen molar-refractivity contribution in [2.24, 2.45) is 5.41 Å². The zero-order chi connectivity index (χ0) is 13.1. The number of carbonyl (C=O) groups is 1. The molecule has 0 aliphatic carbocycles. The average molecular weight is 233 g/mol. The van der Waals surface area contributed by atoms with Gasteiger partial charge in [-0.25, -0.2) is 0 Å². The van der Waals surface area contributed by atoms with Gasteiger partial charge in [-0.2, -0.15) is 0 Å². The second kappa shape index (κ2) is 5.35. The highest BCUT2D eigenvalue weighted by Crippen LogP contribution is 2.24. The first-order valence-electron chi connectivity index (χ1n) is 6.25. The van der Waals surface area contributed by atoms with Crippen molar-refractivity contribution in [3.05, 3.63) is 29.8 Å². The van der Waals surface area contributed by atoms with Crippen LogP contribution < -0.4 is 4.90 Å². The molecule has 1 rings (SSSR count). The average Bonchev–Trinajstić information content (AvgIpc) is 2.23. The first-order chi connectivity index (χ1) is 7.86. The van der Waals surface area contributed by atoms with Crippen LogP contribution in [-0.2, 0) is 4.79 Å². The monoisotopic (exact) mass is 233 g/mol. The Morgan fingerprint density at radius 1 is 1.29 bits per heavy atom. The van der Waals surface area contributed by atoms with Crippen LogP contribution in [0.5, 0.6) is 0 Å². The molecule has 0 bridgehead atoms. The molecule has 0 fully saturated rings. The maximum Gasteiger partial charge on any atom is 0.232 e. The SMILES string of the molecule is CCCN(C(=O)C(C)(C)C)c1cccc(C)c1. The fraction of sp³-hybridized carbons (Fsp3) is 0.533. The summed E-state index contributed by atoms with van der Waals surface area (Å²) in [6, 6.07) is 8.13. The van der Waals surface area contributed by atoms with Gasteiger partial charge in [-0.3, -0.25) is 4.79 Å². The van der Waals surface area contributed by atoms with E-state index in [0.717, 1.165) is 18.7 Å². The van der Waals surface area contributed by atoms with Crippen molar-refractivity contribution in [2.75, 3.05) is 11.4 Å². The van der Waals surface area contributed by atoms with E-state index in [1.165, 1.54) is 5.56 Å². The predicted molar refractivity (Wildman–Crippen MR) is 73.3 cm³/mol. The quantitative estimate of drug-likeness (QED) is 0.778. The minimum Gasteiger partial charge on any atom is -0.312 e. The van der Waals surface area contributed by atoms with Crippen molar-refractivity contribution in [1.29, 1.82) is 0 Å². The lowest BCUT2D eigenvalue weighted by molar-refractivity contribution is -0.125. The van der Waals surface area contributed by atoms with Gasteiger partial charge in [-0.15, -0.1) is 0 Å². The minimum atomic E-state index is -0.334. The third-order valence-electron chi connectivity index (χ3n) is 2.65. The summed E-state index contributed by atoms with van der Waals surface area (Å²) in [4.78, 5) is 14.3. The summed E-state index contributed by atoms with van der Waals surface area (Å²) >= 11 is 0. The first-order valence-corrected chi connectivity index (χ1v) is 6.25. The van der Waals surface area contributed by atoms with E-state index in [1.54, 1.807) is 0 Å². The number of hydrogen-bond donors (Lipinski definition) is 0. The zero-order valence-corrected chi connectivity index (χ0v) is 11.6. The molecule has 0 N–H and O–H groups in total. The lowest BCUT2D eigenvalue weighted by Gasteiger charge is -2.29. The Kier molecular flexibility index (Phi) is 4.33. The zero-order valence-electron chi connectivity index (χ0n) is 11.6. The van der Waals surface area contributed by atoms with Crippen molar-refractivity contribution >= 4 is 11.6 Å². The van der Waals surface area contributed by atoms with Gasteiger partial charge in [0.2, 0.25) is 5.91 Å². The fourth-order valence-electron chi connectivity index (χ4n) is 1.77. The van der Waals surface area contributed by atoms with Gasteiger partial charge in [-0.1, -0.05) is 39.8 Å². The summed E-state index contributed by atoms with van der Waals surface area (Å²) in [5, 5.41) is 0. The summed E-state index contributed by atoms with van der Waals surface area (Å²) in [5.41, 5.74) is 1.86. The standard InChI is InChI=1S/C15H23NO/c1-6-10-16(14(17)15(3,4)5)13-9-7-8-12(2)11-13/h7-9,11H,6,10H2,1-5H3. The predicted octanol–water partition coefficient (Wildman–Crippen LogP) is 3.78. The molecule has 1 aromatic carbocycles. The molecule has 0 heterocycles. The second-order valence-corrected chi connectivity index (χ2v) is 5.55. The summed E-state index contributed by atoms with van der Waals surface area (Å²) in [5.74, 6) is 0.185. The molecule has 17 heavy (non-hydrogen) atoms. The third-order valence-corrected chi connectivity index (χ3v) is 2.65. The molecule has 0 saturated heterocycles. The molecular formula is C15H23NO. The largest absolute Gasteiger partial charge is 0.312 e. The van der Waals surface area contributed by atoms with Gasteiger partial charge in [0.05, 0.1) is 0 Å². The molecular weight excluding hydrogens is 210 g/mol. The van der Waals surface area contributed by atoms with Gasteiger partial charge in [0, 0.05) is 17.6 Å². The Hall–Kier alpha value is -1.31. The Morgan fingerprint density at radius 3 is 2.41 bits per heavy atom. The van der Waals surface area contributed by atoms with Gasteiger partial charge in [-0.05, 0) is 31.0 Å². The molecule has 1 aromatic rings. The number of rotatable bonds is 3. The first kappa shape index (κ1) is 13.8. The molecule has 0 aromatic heterocycles. The van der Waals surface area contributed by atoms with Crippen LogP contribution >= 0.6 is 0 Å². The molecule has 2 heteroatoms. The van der Waals surface area contributed by atoms with E-state index in [0.29, 0.717) is 0 Å². The maximum absolute atomic E-state index is 12.4. The van der Waals surface area contributed by atoms with Gasteiger partial charge in [0.1, 0.15) is 0 Å². The van der Waals surface area contributed by atoms with E-state index in [4.69, 9.17) is 0 Å². The highest BCUT2D eigenvalue weighted by Gasteiger charge is 2.27. The molecule has 2 nitrogen and oxygen atoms in total. The highest BCUT2D eigenvalue weighted by atomic mass is 16.2. The van der Waals surface area contributed by atoms with E-state index < -0.39 is 0 Å². The molecule has 0 unspecified atom stereocenters. The van der Waals surface area contributed by atoms with Crippen LogP contribution in [-0.4, -0.2) is 12.5 Å². The topological polar surface area (TPSA) is 20.3 Å². The summed E-state index contributed by atoms with van der Waals surface area (Å²) in [7, 11) is 0. The van der Waals surface area contributed by atoms with Crippen LogP contribution in [0.1, 0.15) is 39.7 Å². The van der Waals surface area contributed by atoms with E-state index in [-0.39, 0.29) is 11.3 Å². The van der Waals surface area contributed by atoms with Crippen LogP contribution in [0.25, 0.3) is 0 Å². The Bertz CT molecular complexity index is 390. The number of carbonyl (C=O) groups excluding carboxylic acids is 1. The summed E-state index contributed by atoms with van der Waals surface area (Å²) in [6.45, 7) is 10.8. The second-order valence-electron chi connectivity index (χ2n) is 5.55. The molecule has 0 aliphatic heterocycles. The summed E-state index contributed by atoms with van der Waals surface area (Å²) < 4.78 is 0. The number of amides is 1. The van der Waals surface area contributed by atoms with Gasteiger partial charge in [0.25, 0.3) is 0 Å². The molecule has 0 atom stereocenters. The van der Waals surface area contributed by atoms with E-state index in [1.807, 2.05) is 37.8 Å². The van der Waals surface area contributed by atoms with Crippen LogP contribution in [0.4, 0.5) is 5.69 Å². The van der Waals surface area contributed by atoms with Crippen molar-refractivity contribution in [2.45, 2.75) is 41.0 Å². The normalized spacial score (nSPS) is 11.4. The molecule has 1 amide bonds. The molecule has 0 spiro atoms. The van der Waals surface area contributed by atoms with E-state index >= 15 is 0 Å². The summed E-state index contributed by atoms with van der Waals surface area (Å²) in [6.07, 6.45) is 0.968. The van der Waals surface area contributed by atoms with Gasteiger partial charge in [0.15, 0.2) is 0 Å². The van der Waals surface area contributed by atoms with Crippen LogP contribution in [0.3, 0.4) is 0 Å². The van der Waals surface area contributed by atoms with E-state index in [9.17, 15) is 4.79 Å². The van der Waals surface area contributed by atoms with Gasteiger partial charge >= 0.3 is 0 Å². The van der Waals surface area contributed by atoms with E-state index in [2.05, 4.69) is 26.0 Å². The van der Waals surface area contributed by atoms with Crippen molar-refractivity contribution in [1.82, 2.24) is 0 Å². The molecule has 0 radical (unpaired) electrons. The minimum absolute atomic E-state index is 0.185. The van der Waals surface area contributed by atoms with Crippen LogP contribution in [0.15, 0.2) is 24.3 Å². The van der Waals surface area contributed by atoms with Gasteiger partial charge < -0.3 is 4.90 Å². The van der Waals surface area contributed by atoms with Crippen LogP contribution in [0, 0.1) is 12.3 Å². The highest BCUT2D eigenvalue weighted by molar-refractivity contribution is 5.96. The number of hydrogen-bond acceptors (Lipinski definition) is 1. The lowest BCUT2D eigenvalue weighted by atomic mass is 9.94. The molecule has 0 saturated carbocycles. The number of benzene rings is 1. The maximum atomic E-state index is 12.4. The Labute approximate surface area is 105 Å². The van der Waals surface area contributed by atoms with Crippen molar-refractivity contribution < 1.29 is 4.79 Å². The lowest BCUT2D eigenvalue weighted by Crippen LogP contribution is -2.40. The smallest absolute Gasteiger partial charge is 0.232 e. The third kappa shape index (κ3) is 3.58. The van der Waals surface area contributed by atoms with Crippen molar-refractivity contribution in [3.8, 4) is 0 Å². The number of aryl methyl sites for hydroxylation is 1. The number of nitrogens with zero attached hydrogens (tertiary/aromatic N) is 1. The Morgan fingerprint density at radius 2 is 1.94 bits per heavy atom. The fourth-order valence-corrected chi connectivity index (χ4v) is 1.77. The van der Waals surface area contributed by atoms with Crippen LogP contribution in [0.2, 0.25) is 0 Å². The molecule has 94 valence electrons.